The number of hydrogen-bond donors (Lipinski definition) is 0. The molecule has 1 heterocycles. The van der Waals surface area contributed by atoms with E-state index in [1.165, 1.54) is 0 Å². The van der Waals surface area contributed by atoms with E-state index in [2.05, 4.69) is 42.5 Å². The Labute approximate surface area is 170 Å². The van der Waals surface area contributed by atoms with Crippen LogP contribution in [0.4, 0.5) is 5.69 Å². The highest BCUT2D eigenvalue weighted by Crippen LogP contribution is 2.56. The third kappa shape index (κ3) is 3.41. The van der Waals surface area contributed by atoms with Gasteiger partial charge < -0.3 is 0 Å². The van der Waals surface area contributed by atoms with Gasteiger partial charge in [-0.1, -0.05) is 103 Å². The quantitative estimate of drug-likeness (QED) is 0.495. The van der Waals surface area contributed by atoms with Gasteiger partial charge in [-0.25, -0.2) is 0 Å². The number of carbonyl (C=O) groups is 1. The van der Waals surface area contributed by atoms with Crippen LogP contribution in [-0.4, -0.2) is 5.91 Å². The van der Waals surface area contributed by atoms with Crippen LogP contribution in [0.25, 0.3) is 6.08 Å². The Morgan fingerprint density at radius 1 is 0.857 bits per heavy atom. The van der Waals surface area contributed by atoms with E-state index in [9.17, 15) is 4.79 Å². The van der Waals surface area contributed by atoms with Gasteiger partial charge >= 0.3 is 0 Å². The van der Waals surface area contributed by atoms with Crippen molar-refractivity contribution in [1.29, 1.82) is 0 Å². The van der Waals surface area contributed by atoms with Crippen molar-refractivity contribution in [3.63, 3.8) is 0 Å². The number of fused-ring (bicyclic) bond motifs is 1. The SMILES string of the molecule is CC(=O)N1c2ccccc2SC1(/C=C/C=C/c1ccccc1)c1ccccc1. The third-order valence-electron chi connectivity index (χ3n) is 4.73. The fourth-order valence-electron chi connectivity index (χ4n) is 3.51. The van der Waals surface area contributed by atoms with Crippen LogP contribution in [0.5, 0.6) is 0 Å². The highest BCUT2D eigenvalue weighted by Gasteiger charge is 2.46. The Morgan fingerprint density at radius 3 is 2.21 bits per heavy atom. The van der Waals surface area contributed by atoms with Crippen LogP contribution in [0, 0.1) is 0 Å². The number of amides is 1. The van der Waals surface area contributed by atoms with Crippen molar-refractivity contribution in [3.8, 4) is 0 Å². The summed E-state index contributed by atoms with van der Waals surface area (Å²) < 4.78 is 0. The van der Waals surface area contributed by atoms with E-state index in [1.807, 2.05) is 71.6 Å². The van der Waals surface area contributed by atoms with Crippen LogP contribution in [0.1, 0.15) is 18.1 Å². The Hall–Kier alpha value is -3.04. The largest absolute Gasteiger partial charge is 0.288 e. The molecule has 3 aromatic rings. The molecule has 3 aromatic carbocycles. The van der Waals surface area contributed by atoms with E-state index in [0.717, 1.165) is 21.7 Å². The van der Waals surface area contributed by atoms with E-state index in [-0.39, 0.29) is 5.91 Å². The summed E-state index contributed by atoms with van der Waals surface area (Å²) in [7, 11) is 0. The highest BCUT2D eigenvalue weighted by molar-refractivity contribution is 8.01. The van der Waals surface area contributed by atoms with Crippen molar-refractivity contribution in [2.24, 2.45) is 0 Å². The fourth-order valence-corrected chi connectivity index (χ4v) is 4.98. The molecule has 0 aliphatic carbocycles. The fraction of sp³-hybridized carbons (Fsp3) is 0.0800. The summed E-state index contributed by atoms with van der Waals surface area (Å²) >= 11 is 1.70. The average molecular weight is 384 g/mol. The summed E-state index contributed by atoms with van der Waals surface area (Å²) in [5, 5.41) is 0. The predicted octanol–water partition coefficient (Wildman–Crippen LogP) is 6.27. The van der Waals surface area contributed by atoms with Gasteiger partial charge in [-0.05, 0) is 29.3 Å². The summed E-state index contributed by atoms with van der Waals surface area (Å²) in [6.45, 7) is 1.63. The first kappa shape index (κ1) is 18.3. The molecule has 4 rings (SSSR count). The maximum absolute atomic E-state index is 12.7. The standard InChI is InChI=1S/C25H21NOS/c1-20(27)26-23-17-8-9-18-24(23)28-25(26,22-15-6-3-7-16-22)19-11-10-14-21-12-4-2-5-13-21/h2-19H,1H3/b14-10+,19-11+. The molecular formula is C25H21NOS. The lowest BCUT2D eigenvalue weighted by molar-refractivity contribution is -0.117. The normalized spacial score (nSPS) is 18.7. The van der Waals surface area contributed by atoms with Crippen molar-refractivity contribution in [2.75, 3.05) is 4.90 Å². The number of thioether (sulfide) groups is 1. The minimum absolute atomic E-state index is 0.0259. The maximum Gasteiger partial charge on any atom is 0.225 e. The molecule has 0 saturated heterocycles. The molecule has 1 amide bonds. The van der Waals surface area contributed by atoms with Gasteiger partial charge in [0.1, 0.15) is 4.87 Å². The number of rotatable bonds is 4. The number of carbonyl (C=O) groups excluding carboxylic acids is 1. The number of nitrogens with zero attached hydrogens (tertiary/aromatic N) is 1. The number of benzene rings is 3. The second-order valence-electron chi connectivity index (χ2n) is 6.62. The summed E-state index contributed by atoms with van der Waals surface area (Å²) in [6, 6.07) is 28.5. The van der Waals surface area contributed by atoms with Gasteiger partial charge in [-0.15, -0.1) is 0 Å². The Bertz CT molecular complexity index is 1030. The molecule has 0 bridgehead atoms. The number of hydrogen-bond acceptors (Lipinski definition) is 2. The molecule has 1 aliphatic heterocycles. The van der Waals surface area contributed by atoms with Gasteiger partial charge in [-0.2, -0.15) is 0 Å². The first-order valence-corrected chi connectivity index (χ1v) is 10.1. The lowest BCUT2D eigenvalue weighted by Crippen LogP contribution is -2.42. The van der Waals surface area contributed by atoms with Crippen LogP contribution in [0.15, 0.2) is 108 Å². The van der Waals surface area contributed by atoms with E-state index in [1.54, 1.807) is 18.7 Å². The Morgan fingerprint density at radius 2 is 1.50 bits per heavy atom. The van der Waals surface area contributed by atoms with E-state index < -0.39 is 4.87 Å². The molecular weight excluding hydrogens is 362 g/mol. The number of anilines is 1. The zero-order valence-corrected chi connectivity index (χ0v) is 16.5. The Kier molecular flexibility index (Phi) is 5.18. The first-order valence-electron chi connectivity index (χ1n) is 9.26. The van der Waals surface area contributed by atoms with E-state index >= 15 is 0 Å². The molecule has 0 saturated carbocycles. The lowest BCUT2D eigenvalue weighted by atomic mass is 10.0. The van der Waals surface area contributed by atoms with Crippen LogP contribution in [0.2, 0.25) is 0 Å². The minimum atomic E-state index is -0.599. The van der Waals surface area contributed by atoms with Crippen LogP contribution in [-0.2, 0) is 9.67 Å². The van der Waals surface area contributed by atoms with Crippen LogP contribution in [0.3, 0.4) is 0 Å². The van der Waals surface area contributed by atoms with E-state index in [4.69, 9.17) is 0 Å². The summed E-state index contributed by atoms with van der Waals surface area (Å²) in [6.07, 6.45) is 8.25. The third-order valence-corrected chi connectivity index (χ3v) is 6.16. The molecule has 0 N–H and O–H groups in total. The molecule has 28 heavy (non-hydrogen) atoms. The van der Waals surface area contributed by atoms with Crippen molar-refractivity contribution in [2.45, 2.75) is 16.7 Å². The van der Waals surface area contributed by atoms with Crippen molar-refractivity contribution in [1.82, 2.24) is 0 Å². The van der Waals surface area contributed by atoms with Gasteiger partial charge in [0.25, 0.3) is 0 Å². The van der Waals surface area contributed by atoms with E-state index in [0.29, 0.717) is 0 Å². The molecule has 0 fully saturated rings. The monoisotopic (exact) mass is 383 g/mol. The number of para-hydroxylation sites is 1. The Balaban J connectivity index is 1.77. The molecule has 0 aromatic heterocycles. The van der Waals surface area contributed by atoms with Crippen LogP contribution < -0.4 is 4.90 Å². The molecule has 1 aliphatic rings. The van der Waals surface area contributed by atoms with Gasteiger partial charge in [0.15, 0.2) is 0 Å². The summed E-state index contributed by atoms with van der Waals surface area (Å²) in [5.74, 6) is 0.0259. The first-order chi connectivity index (χ1) is 13.7. The summed E-state index contributed by atoms with van der Waals surface area (Å²) in [4.78, 5) is 15.1. The van der Waals surface area contributed by atoms with Crippen molar-refractivity contribution in [3.05, 3.63) is 114 Å². The molecule has 0 radical (unpaired) electrons. The van der Waals surface area contributed by atoms with Gasteiger partial charge in [0, 0.05) is 11.8 Å². The minimum Gasteiger partial charge on any atom is -0.288 e. The predicted molar refractivity (Wildman–Crippen MR) is 118 cm³/mol. The van der Waals surface area contributed by atoms with Gasteiger partial charge in [0.2, 0.25) is 5.91 Å². The zero-order valence-electron chi connectivity index (χ0n) is 15.7. The maximum atomic E-state index is 12.7. The number of allylic oxidation sites excluding steroid dienone is 2. The zero-order chi connectivity index (χ0) is 19.4. The molecule has 1 atom stereocenters. The second-order valence-corrected chi connectivity index (χ2v) is 7.88. The average Bonchev–Trinajstić information content (AvgIpc) is 3.08. The van der Waals surface area contributed by atoms with Crippen molar-refractivity contribution < 1.29 is 4.79 Å². The van der Waals surface area contributed by atoms with Crippen molar-refractivity contribution >= 4 is 29.4 Å². The van der Waals surface area contributed by atoms with Gasteiger partial charge in [-0.3, -0.25) is 9.69 Å². The molecule has 3 heteroatoms. The molecule has 1 unspecified atom stereocenters. The molecule has 138 valence electrons. The molecule has 0 spiro atoms. The summed E-state index contributed by atoms with van der Waals surface area (Å²) in [5.41, 5.74) is 3.18. The second kappa shape index (κ2) is 7.91. The smallest absolute Gasteiger partial charge is 0.225 e. The molecule has 2 nitrogen and oxygen atoms in total. The van der Waals surface area contributed by atoms with Gasteiger partial charge in [0.05, 0.1) is 5.69 Å². The van der Waals surface area contributed by atoms with Crippen LogP contribution >= 0.6 is 11.8 Å². The lowest BCUT2D eigenvalue weighted by Gasteiger charge is -2.35. The highest BCUT2D eigenvalue weighted by atomic mass is 32.2. The topological polar surface area (TPSA) is 20.3 Å².